The van der Waals surface area contributed by atoms with Crippen molar-refractivity contribution in [2.24, 2.45) is 5.92 Å². The van der Waals surface area contributed by atoms with Gasteiger partial charge in [0.2, 0.25) is 11.8 Å². The van der Waals surface area contributed by atoms with E-state index in [9.17, 15) is 9.18 Å². The van der Waals surface area contributed by atoms with Crippen LogP contribution in [-0.2, 0) is 5.54 Å². The third-order valence-corrected chi connectivity index (χ3v) is 6.47. The van der Waals surface area contributed by atoms with Crippen LogP contribution in [-0.4, -0.2) is 32.2 Å². The highest BCUT2D eigenvalue weighted by Gasteiger charge is 2.62. The predicted molar refractivity (Wildman–Crippen MR) is 113 cm³/mol. The molecule has 0 radical (unpaired) electrons. The first-order valence-electron chi connectivity index (χ1n) is 10.2. The zero-order valence-electron chi connectivity index (χ0n) is 17.1. The summed E-state index contributed by atoms with van der Waals surface area (Å²) in [7, 11) is 0. The molecule has 2 fully saturated rings. The van der Waals surface area contributed by atoms with Gasteiger partial charge in [0.15, 0.2) is 0 Å². The van der Waals surface area contributed by atoms with Gasteiger partial charge in [0.1, 0.15) is 11.4 Å². The molecule has 1 aliphatic heterocycles. The Bertz CT molecular complexity index is 1170. The monoisotopic (exact) mass is 441 g/mol. The number of likely N-dealkylation sites (tertiary alicyclic amines) is 1. The van der Waals surface area contributed by atoms with Crippen LogP contribution in [0.3, 0.4) is 0 Å². The Hall–Kier alpha value is -3.00. The minimum absolute atomic E-state index is 0.121. The number of hydrogen-bond acceptors (Lipinski definition) is 5. The van der Waals surface area contributed by atoms with Gasteiger partial charge in [-0.2, -0.15) is 0 Å². The first kappa shape index (κ1) is 19.9. The van der Waals surface area contributed by atoms with E-state index >= 15 is 0 Å². The van der Waals surface area contributed by atoms with E-state index in [0.29, 0.717) is 39.5 Å². The lowest BCUT2D eigenvalue weighted by molar-refractivity contribution is -0.110. The van der Waals surface area contributed by atoms with Crippen LogP contribution in [0.15, 0.2) is 41.1 Å². The first-order chi connectivity index (χ1) is 14.9. The second-order valence-electron chi connectivity index (χ2n) is 8.45. The van der Waals surface area contributed by atoms with Crippen molar-refractivity contribution in [2.45, 2.75) is 44.7 Å². The maximum atomic E-state index is 13.6. The molecule has 2 aromatic heterocycles. The van der Waals surface area contributed by atoms with E-state index in [1.165, 1.54) is 12.3 Å². The van der Waals surface area contributed by atoms with Crippen LogP contribution < -0.4 is 5.32 Å². The number of amides is 2. The van der Waals surface area contributed by atoms with Gasteiger partial charge in [0.05, 0.1) is 6.20 Å². The number of nitrogens with one attached hydrogen (secondary N) is 1. The maximum Gasteiger partial charge on any atom is 0.323 e. The second kappa shape index (κ2) is 7.30. The fourth-order valence-corrected chi connectivity index (χ4v) is 5.23. The highest BCUT2D eigenvalue weighted by atomic mass is 35.5. The van der Waals surface area contributed by atoms with Crippen molar-refractivity contribution in [1.29, 1.82) is 0 Å². The van der Waals surface area contributed by atoms with Gasteiger partial charge in [-0.1, -0.05) is 18.5 Å². The standard InChI is InChI=1S/C22H21ClFN5O2/c1-12-5-17-9-22(8-12,20-28-27-13(2)31-20)29(17)21(30)26-16-3-4-19(23)18(7-16)14-6-15(24)11-25-10-14/h3-4,6-7,10-12,17H,5,8-9H2,1-2H3,(H,26,30). The summed E-state index contributed by atoms with van der Waals surface area (Å²) in [5, 5.41) is 11.6. The smallest absolute Gasteiger partial charge is 0.323 e. The van der Waals surface area contributed by atoms with Crippen LogP contribution in [0.2, 0.25) is 5.02 Å². The van der Waals surface area contributed by atoms with Crippen LogP contribution in [0, 0.1) is 18.7 Å². The lowest BCUT2D eigenvalue weighted by atomic mass is 9.64. The molecule has 1 aliphatic carbocycles. The van der Waals surface area contributed by atoms with Gasteiger partial charge >= 0.3 is 6.03 Å². The van der Waals surface area contributed by atoms with Crippen molar-refractivity contribution in [2.75, 3.05) is 5.32 Å². The molecule has 3 aromatic rings. The molecule has 1 N–H and O–H groups in total. The fraction of sp³-hybridized carbons (Fsp3) is 0.364. The highest BCUT2D eigenvalue weighted by Crippen LogP contribution is 2.55. The van der Waals surface area contributed by atoms with E-state index < -0.39 is 11.4 Å². The highest BCUT2D eigenvalue weighted by molar-refractivity contribution is 6.33. The third kappa shape index (κ3) is 3.35. The summed E-state index contributed by atoms with van der Waals surface area (Å²) in [5.74, 6) is 0.975. The molecule has 3 unspecified atom stereocenters. The first-order valence-corrected chi connectivity index (χ1v) is 10.5. The van der Waals surface area contributed by atoms with Gasteiger partial charge in [0, 0.05) is 47.4 Å². The third-order valence-electron chi connectivity index (χ3n) is 6.14. The largest absolute Gasteiger partial charge is 0.423 e. The van der Waals surface area contributed by atoms with E-state index in [1.807, 2.05) is 4.90 Å². The van der Waals surface area contributed by atoms with Gasteiger partial charge in [-0.3, -0.25) is 4.98 Å². The van der Waals surface area contributed by atoms with Crippen molar-refractivity contribution < 1.29 is 13.6 Å². The summed E-state index contributed by atoms with van der Waals surface area (Å²) in [6, 6.07) is 6.36. The number of benzene rings is 1. The molecule has 3 heterocycles. The SMILES string of the molecule is Cc1nnc(C23CC(C)CC(C2)N3C(=O)Nc2ccc(Cl)c(-c3cncc(F)c3)c2)o1. The molecule has 31 heavy (non-hydrogen) atoms. The van der Waals surface area contributed by atoms with Gasteiger partial charge in [-0.05, 0) is 43.0 Å². The predicted octanol–water partition coefficient (Wildman–Crippen LogP) is 5.16. The van der Waals surface area contributed by atoms with E-state index in [-0.39, 0.29) is 12.1 Å². The quantitative estimate of drug-likeness (QED) is 0.606. The van der Waals surface area contributed by atoms with Crippen LogP contribution in [0.1, 0.15) is 38.0 Å². The van der Waals surface area contributed by atoms with Crippen molar-refractivity contribution in [3.63, 3.8) is 0 Å². The Morgan fingerprint density at radius 3 is 2.87 bits per heavy atom. The van der Waals surface area contributed by atoms with E-state index in [1.54, 1.807) is 25.1 Å². The molecule has 2 bridgehead atoms. The molecule has 1 aromatic carbocycles. The lowest BCUT2D eigenvalue weighted by Gasteiger charge is -2.61. The van der Waals surface area contributed by atoms with Crippen LogP contribution in [0.4, 0.5) is 14.9 Å². The van der Waals surface area contributed by atoms with Crippen molar-refractivity contribution in [3.8, 4) is 11.1 Å². The normalized spacial score (nSPS) is 24.6. The van der Waals surface area contributed by atoms with Crippen LogP contribution >= 0.6 is 11.6 Å². The minimum atomic E-state index is -0.574. The summed E-state index contributed by atoms with van der Waals surface area (Å²) in [6.45, 7) is 3.92. The Balaban J connectivity index is 1.43. The topological polar surface area (TPSA) is 84.2 Å². The summed E-state index contributed by atoms with van der Waals surface area (Å²) in [6.07, 6.45) is 5.19. The van der Waals surface area contributed by atoms with E-state index in [0.717, 1.165) is 25.5 Å². The van der Waals surface area contributed by atoms with Gasteiger partial charge in [-0.15, -0.1) is 10.2 Å². The molecule has 0 spiro atoms. The zero-order valence-corrected chi connectivity index (χ0v) is 17.9. The van der Waals surface area contributed by atoms with E-state index in [2.05, 4.69) is 27.4 Å². The number of rotatable bonds is 3. The average molecular weight is 442 g/mol. The fourth-order valence-electron chi connectivity index (χ4n) is 5.00. The summed E-state index contributed by atoms with van der Waals surface area (Å²) < 4.78 is 19.4. The van der Waals surface area contributed by atoms with Crippen molar-refractivity contribution in [1.82, 2.24) is 20.1 Å². The number of fused-ring (bicyclic) bond motifs is 2. The molecule has 3 atom stereocenters. The molecule has 9 heteroatoms. The number of aryl methyl sites for hydroxylation is 1. The molecule has 1 saturated carbocycles. The Kier molecular flexibility index (Phi) is 4.69. The van der Waals surface area contributed by atoms with Crippen LogP contribution in [0.5, 0.6) is 0 Å². The summed E-state index contributed by atoms with van der Waals surface area (Å²) >= 11 is 6.32. The van der Waals surface area contributed by atoms with Gasteiger partial charge < -0.3 is 14.6 Å². The van der Waals surface area contributed by atoms with E-state index in [4.69, 9.17) is 16.0 Å². The molecule has 5 rings (SSSR count). The van der Waals surface area contributed by atoms with Crippen molar-refractivity contribution >= 4 is 23.3 Å². The maximum absolute atomic E-state index is 13.6. The van der Waals surface area contributed by atoms with Gasteiger partial charge in [-0.25, -0.2) is 9.18 Å². The number of hydrogen-bond donors (Lipinski definition) is 1. The molecule has 2 amide bonds. The molecule has 1 saturated heterocycles. The molecular weight excluding hydrogens is 421 g/mol. The number of carbonyl (C=O) groups excluding carboxylic acids is 1. The molecular formula is C22H21ClFN5O2. The second-order valence-corrected chi connectivity index (χ2v) is 8.85. The number of urea groups is 1. The summed E-state index contributed by atoms with van der Waals surface area (Å²) in [5.41, 5.74) is 1.11. The van der Waals surface area contributed by atoms with Gasteiger partial charge in [0.25, 0.3) is 0 Å². The number of pyridine rings is 1. The average Bonchev–Trinajstić information content (AvgIpc) is 3.15. The zero-order chi connectivity index (χ0) is 21.8. The van der Waals surface area contributed by atoms with Crippen molar-refractivity contribution in [3.05, 3.63) is 59.3 Å². The lowest BCUT2D eigenvalue weighted by Crippen LogP contribution is -2.70. The Morgan fingerprint density at radius 1 is 1.29 bits per heavy atom. The number of anilines is 1. The number of nitrogens with zero attached hydrogens (tertiary/aromatic N) is 4. The Labute approximate surface area is 183 Å². The molecule has 2 aliphatic rings. The molecule has 160 valence electrons. The number of piperidine rings is 1. The van der Waals surface area contributed by atoms with Crippen LogP contribution in [0.25, 0.3) is 11.1 Å². The number of carbonyl (C=O) groups is 1. The summed E-state index contributed by atoms with van der Waals surface area (Å²) in [4.78, 5) is 19.0. The number of aromatic nitrogens is 3. The number of halogens is 2. The Morgan fingerprint density at radius 2 is 2.13 bits per heavy atom. The minimum Gasteiger partial charge on any atom is -0.423 e. The molecule has 7 nitrogen and oxygen atoms in total.